The Hall–Kier alpha value is -2.95. The second-order valence-corrected chi connectivity index (χ2v) is 7.66. The van der Waals surface area contributed by atoms with Gasteiger partial charge in [0.2, 0.25) is 0 Å². The Morgan fingerprint density at radius 2 is 2.13 bits per heavy atom. The van der Waals surface area contributed by atoms with Gasteiger partial charge in [0.15, 0.2) is 0 Å². The molecule has 3 aromatic rings. The highest BCUT2D eigenvalue weighted by Gasteiger charge is 2.33. The Kier molecular flexibility index (Phi) is 4.31. The van der Waals surface area contributed by atoms with Gasteiger partial charge in [-0.3, -0.25) is 4.98 Å². The van der Waals surface area contributed by atoms with E-state index in [1.54, 1.807) is 6.20 Å². The Bertz CT molecular complexity index is 1180. The lowest BCUT2D eigenvalue weighted by Gasteiger charge is -2.30. The highest BCUT2D eigenvalue weighted by Crippen LogP contribution is 2.32. The molecule has 1 unspecified atom stereocenters. The van der Waals surface area contributed by atoms with Crippen LogP contribution in [0.3, 0.4) is 0 Å². The van der Waals surface area contributed by atoms with Crippen molar-refractivity contribution < 1.29 is 17.9 Å². The molecular formula is C19H19F3N6O2. The molecule has 3 aromatic heterocycles. The van der Waals surface area contributed by atoms with Gasteiger partial charge in [0.1, 0.15) is 5.82 Å². The van der Waals surface area contributed by atoms with Crippen molar-refractivity contribution in [3.8, 4) is 0 Å². The van der Waals surface area contributed by atoms with Gasteiger partial charge in [0, 0.05) is 49.8 Å². The van der Waals surface area contributed by atoms with Gasteiger partial charge < -0.3 is 9.64 Å². The summed E-state index contributed by atoms with van der Waals surface area (Å²) in [5.74, 6) is 0.867. The maximum absolute atomic E-state index is 13.1. The summed E-state index contributed by atoms with van der Waals surface area (Å²) >= 11 is 0. The van der Waals surface area contributed by atoms with Crippen LogP contribution in [0.25, 0.3) is 5.78 Å². The molecule has 0 saturated carbocycles. The van der Waals surface area contributed by atoms with Crippen molar-refractivity contribution in [3.05, 3.63) is 51.3 Å². The van der Waals surface area contributed by atoms with E-state index in [4.69, 9.17) is 4.74 Å². The lowest BCUT2D eigenvalue weighted by Crippen LogP contribution is -2.33. The molecule has 5 rings (SSSR count). The maximum Gasteiger partial charge on any atom is 0.417 e. The second-order valence-electron chi connectivity index (χ2n) is 7.66. The summed E-state index contributed by atoms with van der Waals surface area (Å²) in [5.41, 5.74) is 0.913. The summed E-state index contributed by atoms with van der Waals surface area (Å²) in [4.78, 5) is 23.2. The molecule has 0 radical (unpaired) electrons. The first-order valence-electron chi connectivity index (χ1n) is 9.67. The fourth-order valence-electron chi connectivity index (χ4n) is 4.04. The quantitative estimate of drug-likeness (QED) is 0.632. The minimum absolute atomic E-state index is 0.114. The summed E-state index contributed by atoms with van der Waals surface area (Å²) in [6.45, 7) is 3.68. The van der Waals surface area contributed by atoms with Gasteiger partial charge in [-0.25, -0.2) is 13.9 Å². The van der Waals surface area contributed by atoms with Gasteiger partial charge in [-0.2, -0.15) is 18.2 Å². The average molecular weight is 420 g/mol. The maximum atomic E-state index is 13.1. The van der Waals surface area contributed by atoms with Crippen molar-refractivity contribution in [1.29, 1.82) is 0 Å². The van der Waals surface area contributed by atoms with Crippen molar-refractivity contribution >= 4 is 11.6 Å². The number of hydrogen-bond acceptors (Lipinski definition) is 6. The first-order valence-corrected chi connectivity index (χ1v) is 9.67. The van der Waals surface area contributed by atoms with E-state index < -0.39 is 11.7 Å². The van der Waals surface area contributed by atoms with Crippen LogP contribution < -0.4 is 10.6 Å². The number of aryl methyl sites for hydroxylation is 1. The average Bonchev–Trinajstić information content (AvgIpc) is 3.34. The van der Waals surface area contributed by atoms with E-state index in [0.717, 1.165) is 17.8 Å². The molecule has 0 bridgehead atoms. The Balaban J connectivity index is 1.51. The van der Waals surface area contributed by atoms with Crippen LogP contribution in [0.5, 0.6) is 0 Å². The molecule has 0 aliphatic carbocycles. The van der Waals surface area contributed by atoms with Crippen LogP contribution in [0.4, 0.5) is 19.0 Å². The Morgan fingerprint density at radius 1 is 1.30 bits per heavy atom. The highest BCUT2D eigenvalue weighted by atomic mass is 19.4. The van der Waals surface area contributed by atoms with E-state index in [1.807, 2.05) is 11.8 Å². The van der Waals surface area contributed by atoms with Crippen LogP contribution in [-0.2, 0) is 23.9 Å². The molecule has 2 aliphatic heterocycles. The Labute approximate surface area is 168 Å². The smallest absolute Gasteiger partial charge is 0.379 e. The van der Waals surface area contributed by atoms with Gasteiger partial charge in [0.25, 0.3) is 5.78 Å². The van der Waals surface area contributed by atoms with Crippen LogP contribution in [-0.4, -0.2) is 43.9 Å². The molecule has 1 fully saturated rings. The minimum Gasteiger partial charge on any atom is -0.379 e. The van der Waals surface area contributed by atoms with Gasteiger partial charge >= 0.3 is 11.9 Å². The topological polar surface area (TPSA) is 77.5 Å². The Morgan fingerprint density at radius 3 is 2.87 bits per heavy atom. The SMILES string of the molecule is Cc1cn2c(=O)n(C3CCOC3)nc2nc1N1CCc2ncc(C(F)(F)F)cc2C1. The van der Waals surface area contributed by atoms with E-state index in [-0.39, 0.29) is 24.1 Å². The van der Waals surface area contributed by atoms with Crippen LogP contribution in [0.15, 0.2) is 23.3 Å². The largest absolute Gasteiger partial charge is 0.417 e. The van der Waals surface area contributed by atoms with E-state index in [2.05, 4.69) is 15.1 Å². The fourth-order valence-corrected chi connectivity index (χ4v) is 4.04. The normalized spacial score (nSPS) is 19.5. The number of halogens is 3. The molecule has 2 aliphatic rings. The van der Waals surface area contributed by atoms with E-state index in [1.165, 1.54) is 9.08 Å². The third-order valence-corrected chi connectivity index (χ3v) is 5.61. The second kappa shape index (κ2) is 6.79. The number of hydrogen-bond donors (Lipinski definition) is 0. The van der Waals surface area contributed by atoms with Crippen molar-refractivity contribution in [1.82, 2.24) is 24.1 Å². The number of aromatic nitrogens is 5. The third-order valence-electron chi connectivity index (χ3n) is 5.61. The van der Waals surface area contributed by atoms with Crippen molar-refractivity contribution in [2.24, 2.45) is 0 Å². The molecule has 0 N–H and O–H groups in total. The standard InChI is InChI=1S/C19H19F3N6O2/c1-11-8-27-17(25-28(18(27)29)14-3-5-30-10-14)24-16(11)26-4-2-15-12(9-26)6-13(7-23-15)19(20,21)22/h6-8,14H,2-5,9-10H2,1H3. The lowest BCUT2D eigenvalue weighted by molar-refractivity contribution is -0.137. The van der Waals surface area contributed by atoms with Crippen LogP contribution in [0.2, 0.25) is 0 Å². The van der Waals surface area contributed by atoms with Crippen molar-refractivity contribution in [2.75, 3.05) is 24.7 Å². The summed E-state index contributed by atoms with van der Waals surface area (Å²) in [6, 6.07) is 1.04. The molecule has 0 amide bonds. The van der Waals surface area contributed by atoms with Crippen LogP contribution >= 0.6 is 0 Å². The van der Waals surface area contributed by atoms with Gasteiger partial charge in [-0.05, 0) is 25.0 Å². The monoisotopic (exact) mass is 420 g/mol. The molecule has 1 saturated heterocycles. The number of ether oxygens (including phenoxy) is 1. The molecular weight excluding hydrogens is 401 g/mol. The summed E-state index contributed by atoms with van der Waals surface area (Å²) < 4.78 is 47.4. The molecule has 0 aromatic carbocycles. The number of nitrogens with zero attached hydrogens (tertiary/aromatic N) is 6. The number of rotatable bonds is 2. The van der Waals surface area contributed by atoms with Gasteiger partial charge in [-0.15, -0.1) is 5.10 Å². The predicted molar refractivity (Wildman–Crippen MR) is 100 cm³/mol. The van der Waals surface area contributed by atoms with Crippen LogP contribution in [0, 0.1) is 6.92 Å². The number of pyridine rings is 1. The minimum atomic E-state index is -4.44. The van der Waals surface area contributed by atoms with Crippen LogP contribution in [0.1, 0.15) is 34.8 Å². The summed E-state index contributed by atoms with van der Waals surface area (Å²) in [7, 11) is 0. The third kappa shape index (κ3) is 3.13. The molecule has 0 spiro atoms. The molecule has 8 nitrogen and oxygen atoms in total. The molecule has 5 heterocycles. The fraction of sp³-hybridized carbons (Fsp3) is 0.474. The molecule has 1 atom stereocenters. The molecule has 11 heteroatoms. The van der Waals surface area contributed by atoms with Gasteiger partial charge in [0.05, 0.1) is 18.2 Å². The highest BCUT2D eigenvalue weighted by molar-refractivity contribution is 5.52. The zero-order valence-electron chi connectivity index (χ0n) is 16.2. The molecule has 158 valence electrons. The van der Waals surface area contributed by atoms with Crippen molar-refractivity contribution in [2.45, 2.75) is 38.5 Å². The lowest BCUT2D eigenvalue weighted by atomic mass is 10.0. The molecule has 30 heavy (non-hydrogen) atoms. The first-order chi connectivity index (χ1) is 14.3. The number of alkyl halides is 3. The van der Waals surface area contributed by atoms with Crippen molar-refractivity contribution in [3.63, 3.8) is 0 Å². The predicted octanol–water partition coefficient (Wildman–Crippen LogP) is 2.14. The zero-order chi connectivity index (χ0) is 21.0. The zero-order valence-corrected chi connectivity index (χ0v) is 16.2. The van der Waals surface area contributed by atoms with E-state index >= 15 is 0 Å². The van der Waals surface area contributed by atoms with E-state index in [9.17, 15) is 18.0 Å². The number of fused-ring (bicyclic) bond motifs is 2. The van der Waals surface area contributed by atoms with E-state index in [0.29, 0.717) is 49.7 Å². The summed E-state index contributed by atoms with van der Waals surface area (Å²) in [6.07, 6.45) is -0.641. The first kappa shape index (κ1) is 19.0. The summed E-state index contributed by atoms with van der Waals surface area (Å²) in [5, 5.41) is 4.37. The number of anilines is 1. The van der Waals surface area contributed by atoms with Gasteiger partial charge in [-0.1, -0.05) is 0 Å².